The summed E-state index contributed by atoms with van der Waals surface area (Å²) in [7, 11) is 1.55. The normalized spacial score (nSPS) is 10.5. The minimum atomic E-state index is -0.345. The van der Waals surface area contributed by atoms with Gasteiger partial charge in [0.25, 0.3) is 5.56 Å². The van der Waals surface area contributed by atoms with E-state index in [0.29, 0.717) is 17.0 Å². The number of carbonyl (C=O) groups is 1. The maximum atomic E-state index is 12.3. The number of aryl methyl sites for hydroxylation is 2. The predicted octanol–water partition coefficient (Wildman–Crippen LogP) is 3.19. The van der Waals surface area contributed by atoms with Gasteiger partial charge >= 0.3 is 0 Å². The average Bonchev–Trinajstić information content (AvgIpc) is 2.67. The monoisotopic (exact) mass is 396 g/mol. The Morgan fingerprint density at radius 3 is 2.50 bits per heavy atom. The van der Waals surface area contributed by atoms with Crippen LogP contribution in [0.2, 0.25) is 0 Å². The van der Waals surface area contributed by atoms with Gasteiger partial charge < -0.3 is 10.1 Å². The Morgan fingerprint density at radius 1 is 1.11 bits per heavy atom. The summed E-state index contributed by atoms with van der Waals surface area (Å²) < 4.78 is 5.25. The first-order valence-corrected chi connectivity index (χ1v) is 9.56. The summed E-state index contributed by atoms with van der Waals surface area (Å²) in [4.78, 5) is 27.2. The third-order valence-corrected chi connectivity index (χ3v) is 4.83. The number of anilines is 1. The summed E-state index contributed by atoms with van der Waals surface area (Å²) in [5.41, 5.74) is 3.30. The molecule has 0 spiro atoms. The van der Waals surface area contributed by atoms with E-state index in [0.717, 1.165) is 22.9 Å². The van der Waals surface area contributed by atoms with Gasteiger partial charge in [0.1, 0.15) is 5.75 Å². The number of thioether (sulfide) groups is 1. The van der Waals surface area contributed by atoms with Crippen molar-refractivity contribution in [2.45, 2.75) is 19.0 Å². The number of ether oxygens (including phenoxy) is 1. The highest BCUT2D eigenvalue weighted by Gasteiger charge is 2.11. The van der Waals surface area contributed by atoms with Crippen LogP contribution in [0.4, 0.5) is 5.69 Å². The van der Waals surface area contributed by atoms with Crippen LogP contribution in [0.5, 0.6) is 5.75 Å². The highest BCUT2D eigenvalue weighted by molar-refractivity contribution is 7.99. The molecular formula is C20H20N4O3S. The Labute approximate surface area is 166 Å². The second-order valence-corrected chi connectivity index (χ2v) is 7.18. The van der Waals surface area contributed by atoms with E-state index in [1.165, 1.54) is 0 Å². The maximum Gasteiger partial charge on any atom is 0.278 e. The van der Waals surface area contributed by atoms with Gasteiger partial charge in [-0.3, -0.25) is 14.6 Å². The van der Waals surface area contributed by atoms with Crippen LogP contribution >= 0.6 is 11.8 Å². The molecule has 1 heterocycles. The SMILES string of the molecule is COc1ccc(C)cc1NC(=O)CSc1nnc(-c2ccc(C)cc2)c(=O)[nH]1. The van der Waals surface area contributed by atoms with E-state index in [9.17, 15) is 9.59 Å². The molecule has 0 saturated heterocycles. The van der Waals surface area contributed by atoms with E-state index in [1.807, 2.05) is 50.2 Å². The van der Waals surface area contributed by atoms with Crippen LogP contribution in [0.3, 0.4) is 0 Å². The Kier molecular flexibility index (Phi) is 6.10. The number of hydrogen-bond donors (Lipinski definition) is 2. The summed E-state index contributed by atoms with van der Waals surface area (Å²) in [6, 6.07) is 13.0. The molecule has 28 heavy (non-hydrogen) atoms. The van der Waals surface area contributed by atoms with E-state index in [1.54, 1.807) is 13.2 Å². The number of hydrogen-bond acceptors (Lipinski definition) is 6. The predicted molar refractivity (Wildman–Crippen MR) is 110 cm³/mol. The second-order valence-electron chi connectivity index (χ2n) is 6.21. The molecule has 0 aliphatic heterocycles. The number of H-pyrrole nitrogens is 1. The van der Waals surface area contributed by atoms with Crippen LogP contribution in [0.15, 0.2) is 52.4 Å². The second kappa shape index (κ2) is 8.71. The maximum absolute atomic E-state index is 12.3. The number of methoxy groups -OCH3 is 1. The van der Waals surface area contributed by atoms with Crippen LogP contribution < -0.4 is 15.6 Å². The van der Waals surface area contributed by atoms with Crippen molar-refractivity contribution in [1.29, 1.82) is 0 Å². The van der Waals surface area contributed by atoms with Crippen LogP contribution in [0, 0.1) is 13.8 Å². The van der Waals surface area contributed by atoms with Crippen molar-refractivity contribution < 1.29 is 9.53 Å². The summed E-state index contributed by atoms with van der Waals surface area (Å²) in [6.07, 6.45) is 0. The molecule has 0 fully saturated rings. The van der Waals surface area contributed by atoms with Crippen molar-refractivity contribution in [3.05, 3.63) is 63.9 Å². The van der Waals surface area contributed by atoms with E-state index in [2.05, 4.69) is 20.5 Å². The van der Waals surface area contributed by atoms with Gasteiger partial charge in [-0.1, -0.05) is 47.7 Å². The topological polar surface area (TPSA) is 97.0 Å². The fourth-order valence-corrected chi connectivity index (χ4v) is 3.13. The lowest BCUT2D eigenvalue weighted by molar-refractivity contribution is -0.113. The van der Waals surface area contributed by atoms with E-state index in [-0.39, 0.29) is 28.1 Å². The fourth-order valence-electron chi connectivity index (χ4n) is 2.53. The molecule has 144 valence electrons. The fraction of sp³-hybridized carbons (Fsp3) is 0.200. The van der Waals surface area contributed by atoms with Crippen molar-refractivity contribution >= 4 is 23.4 Å². The van der Waals surface area contributed by atoms with E-state index in [4.69, 9.17) is 4.74 Å². The Balaban J connectivity index is 1.65. The van der Waals surface area contributed by atoms with Crippen molar-refractivity contribution in [3.63, 3.8) is 0 Å². The zero-order valence-electron chi connectivity index (χ0n) is 15.8. The van der Waals surface area contributed by atoms with Crippen molar-refractivity contribution in [2.75, 3.05) is 18.2 Å². The van der Waals surface area contributed by atoms with Crippen LogP contribution in [0.25, 0.3) is 11.3 Å². The molecule has 0 atom stereocenters. The van der Waals surface area contributed by atoms with Crippen molar-refractivity contribution in [2.24, 2.45) is 0 Å². The van der Waals surface area contributed by atoms with E-state index < -0.39 is 0 Å². The molecule has 0 unspecified atom stereocenters. The van der Waals surface area contributed by atoms with E-state index >= 15 is 0 Å². The minimum absolute atomic E-state index is 0.0750. The first kappa shape index (κ1) is 19.6. The molecule has 3 rings (SSSR count). The third kappa shape index (κ3) is 4.77. The average molecular weight is 396 g/mol. The Bertz CT molecular complexity index is 1050. The summed E-state index contributed by atoms with van der Waals surface area (Å²) in [5.74, 6) is 0.421. The van der Waals surface area contributed by atoms with Crippen LogP contribution in [-0.2, 0) is 4.79 Å². The lowest BCUT2D eigenvalue weighted by Gasteiger charge is -2.10. The van der Waals surface area contributed by atoms with Gasteiger partial charge in [0.15, 0.2) is 10.9 Å². The lowest BCUT2D eigenvalue weighted by Crippen LogP contribution is -2.17. The highest BCUT2D eigenvalue weighted by atomic mass is 32.2. The molecule has 0 radical (unpaired) electrons. The minimum Gasteiger partial charge on any atom is -0.495 e. The molecule has 0 saturated carbocycles. The Morgan fingerprint density at radius 2 is 1.82 bits per heavy atom. The molecule has 1 aromatic heterocycles. The molecule has 2 aromatic carbocycles. The molecule has 2 N–H and O–H groups in total. The first-order chi connectivity index (χ1) is 13.5. The number of aromatic amines is 1. The van der Waals surface area contributed by atoms with Gasteiger partial charge in [-0.05, 0) is 31.5 Å². The molecule has 7 nitrogen and oxygen atoms in total. The van der Waals surface area contributed by atoms with Gasteiger partial charge in [0.05, 0.1) is 18.6 Å². The molecular weight excluding hydrogens is 376 g/mol. The zero-order chi connectivity index (χ0) is 20.1. The number of aromatic nitrogens is 3. The van der Waals surface area contributed by atoms with Crippen molar-refractivity contribution in [3.8, 4) is 17.0 Å². The van der Waals surface area contributed by atoms with Crippen LogP contribution in [-0.4, -0.2) is 34.0 Å². The quantitative estimate of drug-likeness (QED) is 0.621. The van der Waals surface area contributed by atoms with Crippen LogP contribution in [0.1, 0.15) is 11.1 Å². The largest absolute Gasteiger partial charge is 0.495 e. The molecule has 0 aliphatic carbocycles. The molecule has 0 bridgehead atoms. The van der Waals surface area contributed by atoms with Gasteiger partial charge in [-0.15, -0.1) is 10.2 Å². The zero-order valence-corrected chi connectivity index (χ0v) is 16.6. The lowest BCUT2D eigenvalue weighted by atomic mass is 10.1. The number of nitrogens with one attached hydrogen (secondary N) is 2. The first-order valence-electron chi connectivity index (χ1n) is 8.57. The van der Waals surface area contributed by atoms with Gasteiger partial charge in [0.2, 0.25) is 5.91 Å². The summed E-state index contributed by atoms with van der Waals surface area (Å²) in [5, 5.41) is 11.1. The van der Waals surface area contributed by atoms with Gasteiger partial charge in [-0.25, -0.2) is 0 Å². The standard InChI is InChI=1S/C20H20N4O3S/c1-12-4-7-14(8-5-12)18-19(26)22-20(24-23-18)28-11-17(25)21-15-10-13(2)6-9-16(15)27-3/h4-10H,11H2,1-3H3,(H,21,25)(H,22,24,26). The third-order valence-electron chi connectivity index (χ3n) is 3.97. The summed E-state index contributed by atoms with van der Waals surface area (Å²) >= 11 is 1.10. The van der Waals surface area contributed by atoms with Gasteiger partial charge in [0, 0.05) is 5.56 Å². The molecule has 8 heteroatoms. The van der Waals surface area contributed by atoms with Gasteiger partial charge in [-0.2, -0.15) is 0 Å². The Hall–Kier alpha value is -3.13. The number of carbonyl (C=O) groups excluding carboxylic acids is 1. The number of amides is 1. The molecule has 1 amide bonds. The number of nitrogens with zero attached hydrogens (tertiary/aromatic N) is 2. The molecule has 0 aliphatic rings. The number of benzene rings is 2. The summed E-state index contributed by atoms with van der Waals surface area (Å²) in [6.45, 7) is 3.90. The highest BCUT2D eigenvalue weighted by Crippen LogP contribution is 2.25. The van der Waals surface area contributed by atoms with Crippen molar-refractivity contribution in [1.82, 2.24) is 15.2 Å². The molecule has 3 aromatic rings. The number of rotatable bonds is 6. The smallest absolute Gasteiger partial charge is 0.278 e.